The summed E-state index contributed by atoms with van der Waals surface area (Å²) in [4.78, 5) is 37.9. The fourth-order valence-electron chi connectivity index (χ4n) is 4.13. The van der Waals surface area contributed by atoms with E-state index >= 15 is 0 Å². The quantitative estimate of drug-likeness (QED) is 0.300. The molecular formula is C30H28N2O5. The van der Waals surface area contributed by atoms with Gasteiger partial charge in [0.2, 0.25) is 5.91 Å². The highest BCUT2D eigenvalue weighted by Gasteiger charge is 2.28. The van der Waals surface area contributed by atoms with E-state index in [2.05, 4.69) is 10.6 Å². The van der Waals surface area contributed by atoms with E-state index < -0.39 is 30.1 Å². The monoisotopic (exact) mass is 496 g/mol. The summed E-state index contributed by atoms with van der Waals surface area (Å²) in [5, 5.41) is 17.0. The minimum Gasteiger partial charge on any atom is -0.480 e. The van der Waals surface area contributed by atoms with Crippen molar-refractivity contribution in [3.05, 3.63) is 120 Å². The van der Waals surface area contributed by atoms with Crippen LogP contribution in [0.2, 0.25) is 0 Å². The smallest absolute Gasteiger partial charge is 0.408 e. The third-order valence-electron chi connectivity index (χ3n) is 6.02. The predicted octanol–water partition coefficient (Wildman–Crippen LogP) is 4.49. The molecule has 4 aromatic carbocycles. The average Bonchev–Trinajstić information content (AvgIpc) is 2.92. The Balaban J connectivity index is 1.48. The highest BCUT2D eigenvalue weighted by Crippen LogP contribution is 2.20. The second-order valence-corrected chi connectivity index (χ2v) is 8.69. The van der Waals surface area contributed by atoms with Gasteiger partial charge < -0.3 is 20.5 Å². The Hall–Kier alpha value is -4.65. The summed E-state index contributed by atoms with van der Waals surface area (Å²) in [6.07, 6.45) is -0.493. The molecule has 0 radical (unpaired) electrons. The first-order valence-corrected chi connectivity index (χ1v) is 12.0. The Kier molecular flexibility index (Phi) is 8.49. The molecule has 4 aromatic rings. The molecule has 0 aromatic heterocycles. The molecule has 0 bridgehead atoms. The lowest BCUT2D eigenvalue weighted by Gasteiger charge is -2.22. The SMILES string of the molecule is O=C(N[C@@H](Cc1ccccc1)C(=O)N[C@H](Cc1cccc2ccccc12)C(=O)O)OCc1ccccc1. The van der Waals surface area contributed by atoms with Gasteiger partial charge in [0, 0.05) is 12.8 Å². The Morgan fingerprint density at radius 1 is 0.676 bits per heavy atom. The van der Waals surface area contributed by atoms with Crippen LogP contribution in [0.4, 0.5) is 4.79 Å². The lowest BCUT2D eigenvalue weighted by atomic mass is 9.98. The van der Waals surface area contributed by atoms with Crippen molar-refractivity contribution in [3.8, 4) is 0 Å². The standard InChI is InChI=1S/C30H28N2O5/c33-28(31-27(29(34)35)19-24-16-9-15-23-14-7-8-17-25(23)24)26(18-21-10-3-1-4-11-21)32-30(36)37-20-22-12-5-2-6-13-22/h1-17,26-27H,18-20H2,(H,31,33)(H,32,36)(H,34,35)/t26-,27+/m0/s1. The molecule has 0 unspecified atom stereocenters. The van der Waals surface area contributed by atoms with E-state index in [1.807, 2.05) is 103 Å². The molecule has 7 nitrogen and oxygen atoms in total. The fraction of sp³-hybridized carbons (Fsp3) is 0.167. The summed E-state index contributed by atoms with van der Waals surface area (Å²) in [5.41, 5.74) is 2.43. The van der Waals surface area contributed by atoms with E-state index in [-0.39, 0.29) is 19.4 Å². The van der Waals surface area contributed by atoms with Gasteiger partial charge in [0.1, 0.15) is 18.7 Å². The summed E-state index contributed by atoms with van der Waals surface area (Å²) in [6.45, 7) is 0.0468. The number of benzene rings is 4. The van der Waals surface area contributed by atoms with Crippen LogP contribution in [-0.2, 0) is 33.8 Å². The Bertz CT molecular complexity index is 1350. The van der Waals surface area contributed by atoms with Crippen molar-refractivity contribution in [2.75, 3.05) is 0 Å². The fourth-order valence-corrected chi connectivity index (χ4v) is 4.13. The van der Waals surface area contributed by atoms with Crippen molar-refractivity contribution in [2.45, 2.75) is 31.5 Å². The number of rotatable bonds is 10. The Morgan fingerprint density at radius 2 is 1.30 bits per heavy atom. The molecule has 2 atom stereocenters. The summed E-state index contributed by atoms with van der Waals surface area (Å²) in [5.74, 6) is -1.76. The summed E-state index contributed by atoms with van der Waals surface area (Å²) >= 11 is 0. The van der Waals surface area contributed by atoms with E-state index in [1.54, 1.807) is 0 Å². The predicted molar refractivity (Wildman–Crippen MR) is 141 cm³/mol. The number of nitrogens with one attached hydrogen (secondary N) is 2. The van der Waals surface area contributed by atoms with Gasteiger partial charge >= 0.3 is 12.1 Å². The van der Waals surface area contributed by atoms with E-state index in [0.29, 0.717) is 0 Å². The maximum Gasteiger partial charge on any atom is 0.408 e. The van der Waals surface area contributed by atoms with Crippen LogP contribution in [-0.4, -0.2) is 35.2 Å². The second kappa shape index (κ2) is 12.4. The van der Waals surface area contributed by atoms with E-state index in [4.69, 9.17) is 4.74 Å². The first kappa shape index (κ1) is 25.4. The van der Waals surface area contributed by atoms with Gasteiger partial charge in [-0.2, -0.15) is 0 Å². The van der Waals surface area contributed by atoms with Gasteiger partial charge in [0.05, 0.1) is 0 Å². The highest BCUT2D eigenvalue weighted by atomic mass is 16.5. The number of carbonyl (C=O) groups excluding carboxylic acids is 2. The zero-order chi connectivity index (χ0) is 26.0. The van der Waals surface area contributed by atoms with E-state index in [0.717, 1.165) is 27.5 Å². The summed E-state index contributed by atoms with van der Waals surface area (Å²) < 4.78 is 5.30. The number of carboxylic acid groups (broad SMARTS) is 1. The first-order valence-electron chi connectivity index (χ1n) is 12.0. The third-order valence-corrected chi connectivity index (χ3v) is 6.02. The van der Waals surface area contributed by atoms with Crippen molar-refractivity contribution < 1.29 is 24.2 Å². The highest BCUT2D eigenvalue weighted by molar-refractivity contribution is 5.90. The number of fused-ring (bicyclic) bond motifs is 1. The van der Waals surface area contributed by atoms with Gasteiger partial charge in [-0.25, -0.2) is 9.59 Å². The molecule has 3 N–H and O–H groups in total. The number of ether oxygens (including phenoxy) is 1. The molecule has 0 aliphatic heterocycles. The lowest BCUT2D eigenvalue weighted by Crippen LogP contribution is -2.53. The second-order valence-electron chi connectivity index (χ2n) is 8.69. The molecule has 0 heterocycles. The molecule has 2 amide bonds. The van der Waals surface area contributed by atoms with Gasteiger partial charge in [-0.3, -0.25) is 4.79 Å². The zero-order valence-corrected chi connectivity index (χ0v) is 20.2. The molecule has 4 rings (SSSR count). The normalized spacial score (nSPS) is 12.3. The zero-order valence-electron chi connectivity index (χ0n) is 20.2. The van der Waals surface area contributed by atoms with E-state index in [9.17, 15) is 19.5 Å². The number of carboxylic acids is 1. The van der Waals surface area contributed by atoms with Crippen molar-refractivity contribution >= 4 is 28.7 Å². The van der Waals surface area contributed by atoms with E-state index in [1.165, 1.54) is 0 Å². The van der Waals surface area contributed by atoms with Gasteiger partial charge in [-0.05, 0) is 27.5 Å². The van der Waals surface area contributed by atoms with Crippen LogP contribution < -0.4 is 10.6 Å². The van der Waals surface area contributed by atoms with Crippen molar-refractivity contribution in [2.24, 2.45) is 0 Å². The Morgan fingerprint density at radius 3 is 2.00 bits per heavy atom. The molecule has 0 saturated carbocycles. The number of hydrogen-bond acceptors (Lipinski definition) is 4. The number of amides is 2. The number of alkyl carbamates (subject to hydrolysis) is 1. The maximum atomic E-state index is 13.3. The Labute approximate surface area is 215 Å². The molecule has 0 spiro atoms. The number of hydrogen-bond donors (Lipinski definition) is 3. The van der Waals surface area contributed by atoms with Gasteiger partial charge in [-0.1, -0.05) is 103 Å². The van der Waals surface area contributed by atoms with Crippen molar-refractivity contribution in [1.29, 1.82) is 0 Å². The minimum atomic E-state index is -1.18. The minimum absolute atomic E-state index is 0.0468. The van der Waals surface area contributed by atoms with Crippen LogP contribution in [0.25, 0.3) is 10.8 Å². The van der Waals surface area contributed by atoms with Crippen LogP contribution >= 0.6 is 0 Å². The van der Waals surface area contributed by atoms with Gasteiger partial charge in [0.15, 0.2) is 0 Å². The molecular weight excluding hydrogens is 468 g/mol. The van der Waals surface area contributed by atoms with Gasteiger partial charge in [-0.15, -0.1) is 0 Å². The molecule has 188 valence electrons. The van der Waals surface area contributed by atoms with Crippen LogP contribution in [0.15, 0.2) is 103 Å². The molecule has 0 aliphatic rings. The first-order chi connectivity index (χ1) is 18.0. The summed E-state index contributed by atoms with van der Waals surface area (Å²) in [6, 6.07) is 29.5. The van der Waals surface area contributed by atoms with Crippen LogP contribution in [0.5, 0.6) is 0 Å². The lowest BCUT2D eigenvalue weighted by molar-refractivity contribution is -0.142. The van der Waals surface area contributed by atoms with Crippen LogP contribution in [0, 0.1) is 0 Å². The van der Waals surface area contributed by atoms with Crippen LogP contribution in [0.1, 0.15) is 16.7 Å². The van der Waals surface area contributed by atoms with Gasteiger partial charge in [0.25, 0.3) is 0 Å². The number of carbonyl (C=O) groups is 3. The number of aliphatic carboxylic acids is 1. The molecule has 0 fully saturated rings. The third kappa shape index (κ3) is 7.18. The largest absolute Gasteiger partial charge is 0.480 e. The molecule has 0 saturated heterocycles. The average molecular weight is 497 g/mol. The van der Waals surface area contributed by atoms with Crippen LogP contribution in [0.3, 0.4) is 0 Å². The summed E-state index contributed by atoms with van der Waals surface area (Å²) in [7, 11) is 0. The van der Waals surface area contributed by atoms with Crippen molar-refractivity contribution in [1.82, 2.24) is 10.6 Å². The molecule has 37 heavy (non-hydrogen) atoms. The maximum absolute atomic E-state index is 13.3. The molecule has 7 heteroatoms. The topological polar surface area (TPSA) is 105 Å². The van der Waals surface area contributed by atoms with Crippen molar-refractivity contribution in [3.63, 3.8) is 0 Å². The molecule has 0 aliphatic carbocycles.